The van der Waals surface area contributed by atoms with Crippen molar-refractivity contribution in [3.63, 3.8) is 0 Å². The first-order valence-electron chi connectivity index (χ1n) is 7.80. The average molecular weight is 359 g/mol. The van der Waals surface area contributed by atoms with Crippen molar-refractivity contribution in [3.8, 4) is 5.75 Å². The van der Waals surface area contributed by atoms with Crippen LogP contribution in [0.4, 0.5) is 14.5 Å². The molecule has 0 spiro atoms. The molecular weight excluding hydrogens is 344 g/mol. The monoisotopic (exact) mass is 359 g/mol. The van der Waals surface area contributed by atoms with Gasteiger partial charge in [-0.15, -0.1) is 0 Å². The molecule has 0 saturated heterocycles. The molecule has 26 heavy (non-hydrogen) atoms. The second-order valence-electron chi connectivity index (χ2n) is 5.78. The second-order valence-corrected chi connectivity index (χ2v) is 5.78. The lowest BCUT2D eigenvalue weighted by atomic mass is 10.1. The second kappa shape index (κ2) is 6.95. The molecule has 3 aromatic rings. The summed E-state index contributed by atoms with van der Waals surface area (Å²) in [7, 11) is 0. The fraction of sp³-hybridized carbons (Fsp3) is 0.158. The van der Waals surface area contributed by atoms with Gasteiger partial charge in [-0.1, -0.05) is 0 Å². The van der Waals surface area contributed by atoms with E-state index in [0.29, 0.717) is 17.4 Å². The van der Waals surface area contributed by atoms with Gasteiger partial charge < -0.3 is 14.5 Å². The molecule has 7 heteroatoms. The highest BCUT2D eigenvalue weighted by molar-refractivity contribution is 5.94. The molecule has 0 fully saturated rings. The number of amides is 1. The van der Waals surface area contributed by atoms with Crippen molar-refractivity contribution < 1.29 is 22.7 Å². The third-order valence-electron chi connectivity index (χ3n) is 3.79. The van der Waals surface area contributed by atoms with Crippen LogP contribution in [0.3, 0.4) is 0 Å². The van der Waals surface area contributed by atoms with E-state index in [1.807, 2.05) is 0 Å². The summed E-state index contributed by atoms with van der Waals surface area (Å²) in [6.45, 7) is 3.26. The first kappa shape index (κ1) is 17.6. The predicted molar refractivity (Wildman–Crippen MR) is 92.3 cm³/mol. The van der Waals surface area contributed by atoms with Crippen molar-refractivity contribution in [1.82, 2.24) is 0 Å². The number of ether oxygens (including phenoxy) is 1. The van der Waals surface area contributed by atoms with E-state index in [1.54, 1.807) is 19.1 Å². The van der Waals surface area contributed by atoms with E-state index in [2.05, 4.69) is 5.32 Å². The first-order chi connectivity index (χ1) is 12.3. The number of carbonyl (C=O) groups is 1. The zero-order valence-electron chi connectivity index (χ0n) is 14.0. The third kappa shape index (κ3) is 3.72. The van der Waals surface area contributed by atoms with Crippen LogP contribution in [-0.4, -0.2) is 12.0 Å². The maximum atomic E-state index is 13.6. The summed E-state index contributed by atoms with van der Waals surface area (Å²) >= 11 is 0. The van der Waals surface area contributed by atoms with E-state index < -0.39 is 29.3 Å². The Bertz CT molecular complexity index is 1050. The maximum absolute atomic E-state index is 13.6. The topological polar surface area (TPSA) is 68.5 Å². The number of carbonyl (C=O) groups excluding carboxylic acids is 1. The number of hydrogen-bond donors (Lipinski definition) is 1. The Kier molecular flexibility index (Phi) is 4.71. The SMILES string of the molecule is Cc1cc(=O)oc2cc(OC(C)C(=O)Nc3ccc(F)cc3F)ccc12. The highest BCUT2D eigenvalue weighted by Gasteiger charge is 2.17. The van der Waals surface area contributed by atoms with E-state index in [0.717, 1.165) is 23.1 Å². The summed E-state index contributed by atoms with van der Waals surface area (Å²) < 4.78 is 37.2. The van der Waals surface area contributed by atoms with Crippen molar-refractivity contribution in [3.05, 3.63) is 70.1 Å². The van der Waals surface area contributed by atoms with Gasteiger partial charge >= 0.3 is 5.63 Å². The van der Waals surface area contributed by atoms with E-state index >= 15 is 0 Å². The number of rotatable bonds is 4. The lowest BCUT2D eigenvalue weighted by Gasteiger charge is -2.15. The minimum absolute atomic E-state index is 0.146. The summed E-state index contributed by atoms with van der Waals surface area (Å²) in [4.78, 5) is 23.6. The summed E-state index contributed by atoms with van der Waals surface area (Å²) in [6, 6.07) is 9.09. The average Bonchev–Trinajstić information content (AvgIpc) is 2.56. The maximum Gasteiger partial charge on any atom is 0.336 e. The van der Waals surface area contributed by atoms with Gasteiger partial charge in [0.15, 0.2) is 6.10 Å². The number of aryl methyl sites for hydroxylation is 1. The Labute approximate surface area is 147 Å². The smallest absolute Gasteiger partial charge is 0.336 e. The van der Waals surface area contributed by atoms with Gasteiger partial charge in [-0.25, -0.2) is 13.6 Å². The zero-order valence-corrected chi connectivity index (χ0v) is 14.0. The Morgan fingerprint density at radius 1 is 1.15 bits per heavy atom. The molecule has 0 aliphatic carbocycles. The van der Waals surface area contributed by atoms with Crippen molar-refractivity contribution in [2.45, 2.75) is 20.0 Å². The van der Waals surface area contributed by atoms with Crippen molar-refractivity contribution in [2.75, 3.05) is 5.32 Å². The van der Waals surface area contributed by atoms with E-state index in [9.17, 15) is 18.4 Å². The lowest BCUT2D eigenvalue weighted by Crippen LogP contribution is -2.30. The molecule has 1 N–H and O–H groups in total. The Balaban J connectivity index is 1.76. The number of hydrogen-bond acceptors (Lipinski definition) is 4. The summed E-state index contributed by atoms with van der Waals surface area (Å²) in [5.41, 5.74) is 0.474. The Morgan fingerprint density at radius 2 is 1.92 bits per heavy atom. The van der Waals surface area contributed by atoms with Crippen molar-refractivity contribution in [2.24, 2.45) is 0 Å². The molecule has 1 amide bonds. The van der Waals surface area contributed by atoms with Crippen molar-refractivity contribution in [1.29, 1.82) is 0 Å². The van der Waals surface area contributed by atoms with Gasteiger partial charge in [0, 0.05) is 23.6 Å². The van der Waals surface area contributed by atoms with Crippen LogP contribution >= 0.6 is 0 Å². The Morgan fingerprint density at radius 3 is 2.65 bits per heavy atom. The zero-order chi connectivity index (χ0) is 18.8. The third-order valence-corrected chi connectivity index (χ3v) is 3.79. The molecule has 1 aromatic heterocycles. The number of nitrogens with one attached hydrogen (secondary N) is 1. The van der Waals surface area contributed by atoms with Gasteiger partial charge in [0.25, 0.3) is 5.91 Å². The largest absolute Gasteiger partial charge is 0.481 e. The standard InChI is InChI=1S/C19H15F2NO4/c1-10-7-18(23)26-17-9-13(4-5-14(10)17)25-11(2)19(24)22-16-6-3-12(20)8-15(16)21/h3-9,11H,1-2H3,(H,22,24). The van der Waals surface area contributed by atoms with Gasteiger partial charge in [0.2, 0.25) is 0 Å². The summed E-state index contributed by atoms with van der Waals surface area (Å²) in [6.07, 6.45) is -0.964. The van der Waals surface area contributed by atoms with Crippen molar-refractivity contribution >= 4 is 22.6 Å². The molecular formula is C19H15F2NO4. The molecule has 0 bridgehead atoms. The fourth-order valence-electron chi connectivity index (χ4n) is 2.46. The molecule has 5 nitrogen and oxygen atoms in total. The minimum atomic E-state index is -0.964. The van der Waals surface area contributed by atoms with E-state index in [-0.39, 0.29) is 5.69 Å². The quantitative estimate of drug-likeness (QED) is 0.720. The Hall–Kier alpha value is -3.22. The predicted octanol–water partition coefficient (Wildman–Crippen LogP) is 3.79. The fourth-order valence-corrected chi connectivity index (χ4v) is 2.46. The van der Waals surface area contributed by atoms with Gasteiger partial charge in [-0.3, -0.25) is 4.79 Å². The van der Waals surface area contributed by atoms with Crippen LogP contribution in [0.5, 0.6) is 5.75 Å². The molecule has 0 aliphatic heterocycles. The van der Waals surface area contributed by atoms with Crippen LogP contribution in [0.1, 0.15) is 12.5 Å². The van der Waals surface area contributed by atoms with Crippen LogP contribution in [0.2, 0.25) is 0 Å². The lowest BCUT2D eigenvalue weighted by molar-refractivity contribution is -0.122. The van der Waals surface area contributed by atoms with E-state index in [1.165, 1.54) is 19.1 Å². The highest BCUT2D eigenvalue weighted by atomic mass is 19.1. The highest BCUT2D eigenvalue weighted by Crippen LogP contribution is 2.23. The van der Waals surface area contributed by atoms with Gasteiger partial charge in [-0.2, -0.15) is 0 Å². The van der Waals surface area contributed by atoms with Crippen LogP contribution < -0.4 is 15.7 Å². The number of benzene rings is 2. The number of fused-ring (bicyclic) bond motifs is 1. The van der Waals surface area contributed by atoms with Crippen LogP contribution in [-0.2, 0) is 4.79 Å². The van der Waals surface area contributed by atoms with Crippen LogP contribution in [0.15, 0.2) is 51.7 Å². The molecule has 134 valence electrons. The summed E-state index contributed by atoms with van der Waals surface area (Å²) in [5, 5.41) is 3.09. The van der Waals surface area contributed by atoms with Crippen LogP contribution in [0.25, 0.3) is 11.0 Å². The molecule has 1 heterocycles. The molecule has 0 radical (unpaired) electrons. The van der Waals surface area contributed by atoms with Gasteiger partial charge in [0.1, 0.15) is 23.0 Å². The molecule has 0 aliphatic rings. The molecule has 1 atom stereocenters. The summed E-state index contributed by atoms with van der Waals surface area (Å²) in [5.74, 6) is -1.92. The molecule has 0 saturated carbocycles. The first-order valence-corrected chi connectivity index (χ1v) is 7.80. The van der Waals surface area contributed by atoms with Gasteiger partial charge in [-0.05, 0) is 43.7 Å². The number of halogens is 2. The number of anilines is 1. The van der Waals surface area contributed by atoms with E-state index in [4.69, 9.17) is 9.15 Å². The molecule has 2 aromatic carbocycles. The molecule has 1 unspecified atom stereocenters. The normalized spacial score (nSPS) is 12.0. The van der Waals surface area contributed by atoms with Gasteiger partial charge in [0.05, 0.1) is 5.69 Å². The molecule has 3 rings (SSSR count). The van der Waals surface area contributed by atoms with Crippen LogP contribution in [0, 0.1) is 18.6 Å². The minimum Gasteiger partial charge on any atom is -0.481 e.